The molecule has 0 fully saturated rings. The molecule has 0 amide bonds. The summed E-state index contributed by atoms with van der Waals surface area (Å²) in [5.74, 6) is -1.03. The normalized spacial score (nSPS) is 14.3. The molecule has 0 bridgehead atoms. The summed E-state index contributed by atoms with van der Waals surface area (Å²) >= 11 is 0. The zero-order chi connectivity index (χ0) is 32.0. The van der Waals surface area contributed by atoms with Gasteiger partial charge in [-0.25, -0.2) is 4.79 Å². The molecule has 0 aliphatic rings. The molecular weight excluding hydrogens is 564 g/mol. The van der Waals surface area contributed by atoms with Crippen LogP contribution >= 0.6 is 0 Å². The number of benzene rings is 3. The van der Waals surface area contributed by atoms with Crippen LogP contribution in [0, 0.1) is 0 Å². The van der Waals surface area contributed by atoms with Gasteiger partial charge in [-0.1, -0.05) is 142 Å². The van der Waals surface area contributed by atoms with E-state index in [1.807, 2.05) is 97.9 Å². The maximum Gasteiger partial charge on any atom is 0.328 e. The van der Waals surface area contributed by atoms with Crippen LogP contribution in [0.4, 0.5) is 0 Å². The van der Waals surface area contributed by atoms with Crippen LogP contribution in [0.3, 0.4) is 0 Å². The SMILES string of the molecule is C[C@H](O)CCCCCCCCCC[C@@H](OCc1ccccc1)[C@H](OCc1ccccc1)[C@@H](/C=C/C(=O)O)OCc1ccccc1. The Labute approximate surface area is 270 Å². The molecule has 0 saturated heterocycles. The Kier molecular flexibility index (Phi) is 17.9. The zero-order valence-electron chi connectivity index (χ0n) is 26.8. The monoisotopic (exact) mass is 616 g/mol. The molecule has 244 valence electrons. The van der Waals surface area contributed by atoms with Crippen molar-refractivity contribution in [3.63, 3.8) is 0 Å². The molecule has 0 aliphatic heterocycles. The minimum Gasteiger partial charge on any atom is -0.478 e. The van der Waals surface area contributed by atoms with Crippen molar-refractivity contribution < 1.29 is 29.2 Å². The Balaban J connectivity index is 1.72. The number of carboxylic acid groups (broad SMARTS) is 1. The number of hydrogen-bond donors (Lipinski definition) is 2. The van der Waals surface area contributed by atoms with Gasteiger partial charge in [-0.2, -0.15) is 0 Å². The number of rotatable bonds is 24. The maximum absolute atomic E-state index is 11.6. The smallest absolute Gasteiger partial charge is 0.328 e. The van der Waals surface area contributed by atoms with Gasteiger partial charge in [0.05, 0.1) is 32.0 Å². The summed E-state index contributed by atoms with van der Waals surface area (Å²) < 4.78 is 19.6. The topological polar surface area (TPSA) is 85.2 Å². The first-order valence-electron chi connectivity index (χ1n) is 16.6. The van der Waals surface area contributed by atoms with Gasteiger partial charge >= 0.3 is 5.97 Å². The Bertz CT molecular complexity index is 1180. The third kappa shape index (κ3) is 16.0. The van der Waals surface area contributed by atoms with Gasteiger partial charge in [0.25, 0.3) is 0 Å². The highest BCUT2D eigenvalue weighted by molar-refractivity contribution is 5.79. The molecule has 3 aromatic carbocycles. The number of carbonyl (C=O) groups is 1. The summed E-state index contributed by atoms with van der Waals surface area (Å²) in [6.07, 6.45) is 11.8. The van der Waals surface area contributed by atoms with Gasteiger partial charge < -0.3 is 24.4 Å². The number of carboxylic acids is 1. The Morgan fingerprint density at radius 3 is 1.51 bits per heavy atom. The summed E-state index contributed by atoms with van der Waals surface area (Å²) in [7, 11) is 0. The molecular formula is C39H52O6. The van der Waals surface area contributed by atoms with Gasteiger partial charge in [-0.15, -0.1) is 0 Å². The number of aliphatic hydroxyl groups excluding tert-OH is 1. The van der Waals surface area contributed by atoms with Crippen molar-refractivity contribution in [1.82, 2.24) is 0 Å². The van der Waals surface area contributed by atoms with Crippen molar-refractivity contribution in [1.29, 1.82) is 0 Å². The summed E-state index contributed by atoms with van der Waals surface area (Å²) in [5, 5.41) is 19.0. The van der Waals surface area contributed by atoms with E-state index in [9.17, 15) is 15.0 Å². The van der Waals surface area contributed by atoms with E-state index in [1.165, 1.54) is 25.7 Å². The molecule has 0 aliphatic carbocycles. The first kappa shape index (κ1) is 36.2. The lowest BCUT2D eigenvalue weighted by Gasteiger charge is -2.33. The molecule has 6 heteroatoms. The third-order valence-electron chi connectivity index (χ3n) is 7.86. The van der Waals surface area contributed by atoms with Gasteiger partial charge in [-0.05, 0) is 42.5 Å². The molecule has 0 unspecified atom stereocenters. The second-order valence-corrected chi connectivity index (χ2v) is 11.8. The van der Waals surface area contributed by atoms with Crippen LogP contribution in [-0.4, -0.2) is 40.6 Å². The first-order valence-corrected chi connectivity index (χ1v) is 16.6. The highest BCUT2D eigenvalue weighted by Gasteiger charge is 2.31. The van der Waals surface area contributed by atoms with Crippen molar-refractivity contribution in [3.8, 4) is 0 Å². The molecule has 3 rings (SSSR count). The molecule has 0 heterocycles. The van der Waals surface area contributed by atoms with E-state index in [1.54, 1.807) is 6.08 Å². The predicted octanol–water partition coefficient (Wildman–Crippen LogP) is 8.67. The summed E-state index contributed by atoms with van der Waals surface area (Å²) in [6.45, 7) is 2.96. The van der Waals surface area contributed by atoms with E-state index in [-0.39, 0.29) is 12.2 Å². The Hall–Kier alpha value is -3.29. The predicted molar refractivity (Wildman–Crippen MR) is 180 cm³/mol. The molecule has 0 radical (unpaired) electrons. The van der Waals surface area contributed by atoms with Crippen LogP contribution in [0.1, 0.15) is 87.8 Å². The van der Waals surface area contributed by atoms with Crippen molar-refractivity contribution >= 4 is 5.97 Å². The minimum atomic E-state index is -1.03. The lowest BCUT2D eigenvalue weighted by atomic mass is 9.99. The molecule has 45 heavy (non-hydrogen) atoms. The number of aliphatic carboxylic acids is 1. The van der Waals surface area contributed by atoms with Gasteiger partial charge in [0.15, 0.2) is 0 Å². The lowest BCUT2D eigenvalue weighted by Crippen LogP contribution is -2.42. The van der Waals surface area contributed by atoms with Crippen LogP contribution in [-0.2, 0) is 38.8 Å². The number of aliphatic hydroxyl groups is 1. The quantitative estimate of drug-likeness (QED) is 0.0774. The van der Waals surface area contributed by atoms with Gasteiger partial charge in [0.2, 0.25) is 0 Å². The number of ether oxygens (including phenoxy) is 3. The fraction of sp³-hybridized carbons (Fsp3) is 0.462. The van der Waals surface area contributed by atoms with Gasteiger partial charge in [-0.3, -0.25) is 0 Å². The Morgan fingerprint density at radius 1 is 0.622 bits per heavy atom. The minimum absolute atomic E-state index is 0.203. The molecule has 2 N–H and O–H groups in total. The average Bonchev–Trinajstić information content (AvgIpc) is 3.06. The highest BCUT2D eigenvalue weighted by atomic mass is 16.6. The molecule has 6 nitrogen and oxygen atoms in total. The van der Waals surface area contributed by atoms with E-state index in [0.29, 0.717) is 19.8 Å². The fourth-order valence-electron chi connectivity index (χ4n) is 5.35. The van der Waals surface area contributed by atoms with Crippen LogP contribution in [0.5, 0.6) is 0 Å². The lowest BCUT2D eigenvalue weighted by molar-refractivity contribution is -0.141. The van der Waals surface area contributed by atoms with E-state index in [0.717, 1.165) is 61.3 Å². The van der Waals surface area contributed by atoms with Crippen LogP contribution in [0.2, 0.25) is 0 Å². The summed E-state index contributed by atoms with van der Waals surface area (Å²) in [6, 6.07) is 30.0. The van der Waals surface area contributed by atoms with E-state index in [2.05, 4.69) is 0 Å². The second kappa shape index (κ2) is 22.3. The number of hydrogen-bond acceptors (Lipinski definition) is 5. The van der Waals surface area contributed by atoms with E-state index in [4.69, 9.17) is 14.2 Å². The molecule has 0 saturated carbocycles. The fourth-order valence-corrected chi connectivity index (χ4v) is 5.35. The summed E-state index contributed by atoms with van der Waals surface area (Å²) in [4.78, 5) is 11.6. The van der Waals surface area contributed by atoms with Crippen molar-refractivity contribution in [2.75, 3.05) is 0 Å². The van der Waals surface area contributed by atoms with Crippen molar-refractivity contribution in [2.45, 2.75) is 115 Å². The van der Waals surface area contributed by atoms with Crippen molar-refractivity contribution in [2.24, 2.45) is 0 Å². The van der Waals surface area contributed by atoms with Crippen LogP contribution < -0.4 is 0 Å². The standard InChI is InChI=1S/C39H52O6/c1-32(40)19-11-6-4-2-3-5-7-18-26-36(43-29-33-20-12-8-13-21-33)39(45-31-35-24-16-10-17-25-35)37(27-28-38(41)42)44-30-34-22-14-9-15-23-34/h8-10,12-17,20-25,27-28,32,36-37,39-40H,2-7,11,18-19,26,29-31H2,1H3,(H,41,42)/b28-27+/t32-,36+,37+,39-/m0/s1. The van der Waals surface area contributed by atoms with Gasteiger partial charge in [0, 0.05) is 6.08 Å². The second-order valence-electron chi connectivity index (χ2n) is 11.8. The van der Waals surface area contributed by atoms with Crippen molar-refractivity contribution in [3.05, 3.63) is 120 Å². The molecule has 3 aromatic rings. The largest absolute Gasteiger partial charge is 0.478 e. The summed E-state index contributed by atoms with van der Waals surface area (Å²) in [5.41, 5.74) is 3.10. The first-order chi connectivity index (χ1) is 22.0. The van der Waals surface area contributed by atoms with Crippen LogP contribution in [0.25, 0.3) is 0 Å². The molecule has 0 spiro atoms. The zero-order valence-corrected chi connectivity index (χ0v) is 26.8. The highest BCUT2D eigenvalue weighted by Crippen LogP contribution is 2.24. The molecule has 0 aromatic heterocycles. The molecule has 4 atom stereocenters. The average molecular weight is 617 g/mol. The van der Waals surface area contributed by atoms with E-state index >= 15 is 0 Å². The third-order valence-corrected chi connectivity index (χ3v) is 7.86. The maximum atomic E-state index is 11.6. The number of unbranched alkanes of at least 4 members (excludes halogenated alkanes) is 7. The van der Waals surface area contributed by atoms with Gasteiger partial charge in [0.1, 0.15) is 12.2 Å². The van der Waals surface area contributed by atoms with E-state index < -0.39 is 18.2 Å². The Morgan fingerprint density at radius 2 is 1.04 bits per heavy atom. The van der Waals surface area contributed by atoms with Crippen LogP contribution in [0.15, 0.2) is 103 Å².